The van der Waals surface area contributed by atoms with Crippen LogP contribution in [0.25, 0.3) is 11.0 Å². The number of hydrogen-bond donors (Lipinski definition) is 1. The van der Waals surface area contributed by atoms with Crippen LogP contribution in [0.2, 0.25) is 0 Å². The van der Waals surface area contributed by atoms with E-state index in [4.69, 9.17) is 9.47 Å². The Bertz CT molecular complexity index is 1310. The maximum atomic E-state index is 12.8. The minimum Gasteiger partial charge on any atom is -0.497 e. The summed E-state index contributed by atoms with van der Waals surface area (Å²) in [7, 11) is -0.111. The molecule has 1 amide bonds. The van der Waals surface area contributed by atoms with E-state index in [0.29, 0.717) is 29.3 Å². The Morgan fingerprint density at radius 1 is 1.29 bits per heavy atom. The first-order valence-corrected chi connectivity index (χ1v) is 11.3. The Morgan fingerprint density at radius 2 is 2.10 bits per heavy atom. The number of methoxy groups -OCH3 is 2. The first kappa shape index (κ1) is 20.8. The van der Waals surface area contributed by atoms with Gasteiger partial charge in [-0.15, -0.1) is 0 Å². The van der Waals surface area contributed by atoms with Crippen molar-refractivity contribution in [2.75, 3.05) is 31.0 Å². The van der Waals surface area contributed by atoms with Crippen LogP contribution >= 0.6 is 0 Å². The quantitative estimate of drug-likeness (QED) is 0.581. The molecule has 1 aliphatic heterocycles. The molecule has 1 aliphatic rings. The second kappa shape index (κ2) is 8.02. The number of hydrogen-bond acceptors (Lipinski definition) is 8. The summed E-state index contributed by atoms with van der Waals surface area (Å²) in [5.41, 5.74) is 0.306. The molecule has 3 heterocycles. The maximum Gasteiger partial charge on any atom is 0.264 e. The zero-order chi connectivity index (χ0) is 22.2. The summed E-state index contributed by atoms with van der Waals surface area (Å²) in [6.07, 6.45) is 3.05. The molecule has 0 bridgehead atoms. The zero-order valence-corrected chi connectivity index (χ0v) is 17.8. The van der Waals surface area contributed by atoms with E-state index in [2.05, 4.69) is 15.4 Å². The molecule has 1 unspecified atom stereocenters. The fraction of sp³-hybridized carbons (Fsp3) is 0.368. The minimum absolute atomic E-state index is 0.0271. The summed E-state index contributed by atoms with van der Waals surface area (Å²) in [5, 5.41) is 7.10. The summed E-state index contributed by atoms with van der Waals surface area (Å²) in [5.74, 6) is 0.612. The summed E-state index contributed by atoms with van der Waals surface area (Å²) in [6, 6.07) is 4.60. The maximum absolute atomic E-state index is 12.8. The van der Waals surface area contributed by atoms with Gasteiger partial charge in [-0.1, -0.05) is 0 Å². The van der Waals surface area contributed by atoms with Crippen LogP contribution in [-0.2, 0) is 21.2 Å². The van der Waals surface area contributed by atoms with Gasteiger partial charge in [-0.25, -0.2) is 18.1 Å². The number of carbonyl (C=O) groups excluding carboxylic acids is 1. The van der Waals surface area contributed by atoms with Gasteiger partial charge in [0.25, 0.3) is 5.56 Å². The third kappa shape index (κ3) is 4.10. The highest BCUT2D eigenvalue weighted by atomic mass is 32.2. The van der Waals surface area contributed by atoms with E-state index in [1.54, 1.807) is 18.2 Å². The molecule has 1 fully saturated rings. The van der Waals surface area contributed by atoms with Crippen LogP contribution in [0.15, 0.2) is 35.5 Å². The van der Waals surface area contributed by atoms with E-state index < -0.39 is 21.3 Å². The predicted octanol–water partition coefficient (Wildman–Crippen LogP) is 0.608. The summed E-state index contributed by atoms with van der Waals surface area (Å²) >= 11 is 0. The average Bonchev–Trinajstić information content (AvgIpc) is 3.33. The van der Waals surface area contributed by atoms with Gasteiger partial charge in [-0.3, -0.25) is 14.2 Å². The van der Waals surface area contributed by atoms with E-state index in [9.17, 15) is 18.0 Å². The number of aromatic nitrogens is 4. The van der Waals surface area contributed by atoms with Gasteiger partial charge in [0.05, 0.1) is 43.7 Å². The van der Waals surface area contributed by atoms with Crippen LogP contribution < -0.4 is 20.3 Å². The molecular weight excluding hydrogens is 426 g/mol. The van der Waals surface area contributed by atoms with E-state index in [-0.39, 0.29) is 29.5 Å². The lowest BCUT2D eigenvalue weighted by Gasteiger charge is -2.12. The molecule has 2 aromatic heterocycles. The minimum atomic E-state index is -3.11. The highest BCUT2D eigenvalue weighted by Crippen LogP contribution is 2.29. The van der Waals surface area contributed by atoms with Crippen LogP contribution in [0.4, 0.5) is 5.69 Å². The van der Waals surface area contributed by atoms with Crippen molar-refractivity contribution in [1.82, 2.24) is 19.3 Å². The zero-order valence-electron chi connectivity index (χ0n) is 16.9. The lowest BCUT2D eigenvalue weighted by atomic mass is 10.2. The van der Waals surface area contributed by atoms with Gasteiger partial charge in [0.2, 0.25) is 5.91 Å². The lowest BCUT2D eigenvalue weighted by Crippen LogP contribution is -2.28. The highest BCUT2D eigenvalue weighted by Gasteiger charge is 2.31. The molecule has 1 N–H and O–H groups in total. The van der Waals surface area contributed by atoms with Crippen molar-refractivity contribution in [3.05, 3.63) is 41.1 Å². The van der Waals surface area contributed by atoms with Crippen LogP contribution in [0.3, 0.4) is 0 Å². The largest absolute Gasteiger partial charge is 0.497 e. The third-order valence-corrected chi connectivity index (χ3v) is 6.88. The van der Waals surface area contributed by atoms with Crippen molar-refractivity contribution in [2.24, 2.45) is 0 Å². The van der Waals surface area contributed by atoms with Crippen LogP contribution in [-0.4, -0.2) is 59.4 Å². The summed E-state index contributed by atoms with van der Waals surface area (Å²) in [6.45, 7) is -0.264. The van der Waals surface area contributed by atoms with Crippen molar-refractivity contribution in [3.8, 4) is 11.5 Å². The number of benzene rings is 1. The SMILES string of the molecule is COc1ccc(NC(=O)Cn2cnc3c(cnn3C3CCS(=O)(=O)C3)c2=O)c(OC)c1. The number of carbonyl (C=O) groups is 1. The fourth-order valence-electron chi connectivity index (χ4n) is 3.56. The van der Waals surface area contributed by atoms with E-state index in [1.165, 1.54) is 36.0 Å². The molecule has 164 valence electrons. The monoisotopic (exact) mass is 447 g/mol. The number of anilines is 1. The van der Waals surface area contributed by atoms with E-state index in [1.807, 2.05) is 0 Å². The molecule has 11 nitrogen and oxygen atoms in total. The van der Waals surface area contributed by atoms with Crippen LogP contribution in [0.1, 0.15) is 12.5 Å². The van der Waals surface area contributed by atoms with Crippen molar-refractivity contribution in [1.29, 1.82) is 0 Å². The Morgan fingerprint density at radius 3 is 2.77 bits per heavy atom. The van der Waals surface area contributed by atoms with Crippen molar-refractivity contribution < 1.29 is 22.7 Å². The van der Waals surface area contributed by atoms with Gasteiger partial charge in [0, 0.05) is 6.07 Å². The topological polar surface area (TPSA) is 134 Å². The predicted molar refractivity (Wildman–Crippen MR) is 112 cm³/mol. The van der Waals surface area contributed by atoms with Crippen LogP contribution in [0, 0.1) is 0 Å². The molecular formula is C19H21N5O6S. The number of amides is 1. The fourth-order valence-corrected chi connectivity index (χ4v) is 5.25. The molecule has 4 rings (SSSR count). The molecule has 3 aromatic rings. The number of rotatable bonds is 6. The van der Waals surface area contributed by atoms with E-state index >= 15 is 0 Å². The Labute approximate surface area is 177 Å². The second-order valence-electron chi connectivity index (χ2n) is 7.18. The number of ether oxygens (including phenoxy) is 2. The summed E-state index contributed by atoms with van der Waals surface area (Å²) < 4.78 is 36.6. The highest BCUT2D eigenvalue weighted by molar-refractivity contribution is 7.91. The molecule has 0 aliphatic carbocycles. The van der Waals surface area contributed by atoms with Gasteiger partial charge in [-0.05, 0) is 18.6 Å². The lowest BCUT2D eigenvalue weighted by molar-refractivity contribution is -0.116. The molecule has 0 spiro atoms. The Balaban J connectivity index is 1.55. The van der Waals surface area contributed by atoms with Crippen molar-refractivity contribution >= 4 is 32.5 Å². The van der Waals surface area contributed by atoms with Gasteiger partial charge in [0.15, 0.2) is 15.5 Å². The first-order chi connectivity index (χ1) is 14.8. The summed E-state index contributed by atoms with van der Waals surface area (Å²) in [4.78, 5) is 29.6. The number of fused-ring (bicyclic) bond motifs is 1. The van der Waals surface area contributed by atoms with Crippen molar-refractivity contribution in [2.45, 2.75) is 19.0 Å². The van der Waals surface area contributed by atoms with Gasteiger partial charge in [-0.2, -0.15) is 5.10 Å². The van der Waals surface area contributed by atoms with Gasteiger partial charge >= 0.3 is 0 Å². The van der Waals surface area contributed by atoms with Crippen LogP contribution in [0.5, 0.6) is 11.5 Å². The molecule has 0 radical (unpaired) electrons. The molecule has 31 heavy (non-hydrogen) atoms. The molecule has 1 aromatic carbocycles. The Hall–Kier alpha value is -3.41. The molecule has 1 atom stereocenters. The number of sulfone groups is 1. The molecule has 12 heteroatoms. The number of nitrogens with zero attached hydrogens (tertiary/aromatic N) is 4. The molecule has 1 saturated heterocycles. The normalized spacial score (nSPS) is 17.5. The average molecular weight is 447 g/mol. The van der Waals surface area contributed by atoms with Crippen molar-refractivity contribution in [3.63, 3.8) is 0 Å². The van der Waals surface area contributed by atoms with E-state index in [0.717, 1.165) is 0 Å². The standard InChI is InChI=1S/C19H21N5O6S/c1-29-13-3-4-15(16(7-13)30-2)22-17(25)9-23-11-20-18-14(19(23)26)8-21-24(18)12-5-6-31(27,28)10-12/h3-4,7-8,11-12H,5-6,9-10H2,1-2H3,(H,22,25). The Kier molecular flexibility index (Phi) is 5.39. The third-order valence-electron chi connectivity index (χ3n) is 5.13. The first-order valence-electron chi connectivity index (χ1n) is 9.46. The molecule has 0 saturated carbocycles. The smallest absolute Gasteiger partial charge is 0.264 e. The second-order valence-corrected chi connectivity index (χ2v) is 9.40. The van der Waals surface area contributed by atoms with Gasteiger partial charge < -0.3 is 14.8 Å². The van der Waals surface area contributed by atoms with Gasteiger partial charge in [0.1, 0.15) is 29.8 Å². The number of nitrogens with one attached hydrogen (secondary N) is 1.